The van der Waals surface area contributed by atoms with Crippen LogP contribution in [0.15, 0.2) is 96.1 Å². The first-order valence-electron chi connectivity index (χ1n) is 11.0. The zero-order valence-corrected chi connectivity index (χ0v) is 20.9. The molecule has 0 saturated heterocycles. The highest BCUT2D eigenvalue weighted by molar-refractivity contribution is 6.31. The van der Waals surface area contributed by atoms with Gasteiger partial charge in [0.05, 0.1) is 22.9 Å². The monoisotopic (exact) mass is 550 g/mol. The van der Waals surface area contributed by atoms with Crippen molar-refractivity contribution in [3.05, 3.63) is 129 Å². The molecule has 0 unspecified atom stereocenters. The highest BCUT2D eigenvalue weighted by Gasteiger charge is 2.15. The number of hydrogen-bond donors (Lipinski definition) is 1. The Kier molecular flexibility index (Phi) is 8.47. The van der Waals surface area contributed by atoms with Crippen molar-refractivity contribution in [3.63, 3.8) is 0 Å². The molecule has 4 aromatic rings. The van der Waals surface area contributed by atoms with Gasteiger partial charge in [-0.1, -0.05) is 35.3 Å². The van der Waals surface area contributed by atoms with E-state index in [2.05, 4.69) is 10.5 Å². The van der Waals surface area contributed by atoms with Crippen LogP contribution >= 0.6 is 23.2 Å². The second-order valence-corrected chi connectivity index (χ2v) is 8.54. The lowest BCUT2D eigenvalue weighted by Crippen LogP contribution is -2.19. The van der Waals surface area contributed by atoms with Crippen LogP contribution in [0.4, 0.5) is 4.39 Å². The minimum Gasteiger partial charge on any atom is -0.423 e. The fourth-order valence-electron chi connectivity index (χ4n) is 3.14. The van der Waals surface area contributed by atoms with Crippen LogP contribution in [0.2, 0.25) is 10.0 Å². The Morgan fingerprint density at radius 2 is 1.34 bits per heavy atom. The zero-order chi connectivity index (χ0) is 27.1. The number of nitrogens with zero attached hydrogens (tertiary/aromatic N) is 1. The van der Waals surface area contributed by atoms with Gasteiger partial charge in [-0.05, 0) is 72.8 Å². The molecule has 190 valence electrons. The van der Waals surface area contributed by atoms with Crippen molar-refractivity contribution < 1.29 is 28.2 Å². The molecule has 38 heavy (non-hydrogen) atoms. The summed E-state index contributed by atoms with van der Waals surface area (Å²) in [7, 11) is 0. The van der Waals surface area contributed by atoms with Gasteiger partial charge in [-0.15, -0.1) is 0 Å². The normalized spacial score (nSPS) is 10.7. The number of hydrazone groups is 1. The molecular weight excluding hydrogens is 534 g/mol. The summed E-state index contributed by atoms with van der Waals surface area (Å²) >= 11 is 11.7. The van der Waals surface area contributed by atoms with Crippen molar-refractivity contribution in [2.75, 3.05) is 0 Å². The summed E-state index contributed by atoms with van der Waals surface area (Å²) in [6.07, 6.45) is 1.20. The average molecular weight is 551 g/mol. The van der Waals surface area contributed by atoms with E-state index in [0.29, 0.717) is 10.0 Å². The minimum atomic E-state index is -0.771. The lowest BCUT2D eigenvalue weighted by Gasteiger charge is -2.11. The third kappa shape index (κ3) is 6.82. The topological polar surface area (TPSA) is 94.1 Å². The summed E-state index contributed by atoms with van der Waals surface area (Å²) < 4.78 is 24.8. The largest absolute Gasteiger partial charge is 0.423 e. The summed E-state index contributed by atoms with van der Waals surface area (Å²) in [6.45, 7) is 0. The lowest BCUT2D eigenvalue weighted by molar-refractivity contribution is 0.0732. The molecule has 0 aliphatic heterocycles. The van der Waals surface area contributed by atoms with Crippen LogP contribution in [0.25, 0.3) is 0 Å². The summed E-state index contributed by atoms with van der Waals surface area (Å²) in [5, 5.41) is 4.74. The van der Waals surface area contributed by atoms with Gasteiger partial charge in [-0.25, -0.2) is 19.4 Å². The van der Waals surface area contributed by atoms with Crippen molar-refractivity contribution in [1.29, 1.82) is 0 Å². The van der Waals surface area contributed by atoms with Crippen LogP contribution in [0.1, 0.15) is 36.6 Å². The smallest absolute Gasteiger partial charge is 0.343 e. The minimum absolute atomic E-state index is 0.0183. The maximum Gasteiger partial charge on any atom is 0.343 e. The molecule has 0 aliphatic rings. The van der Waals surface area contributed by atoms with Crippen molar-refractivity contribution in [2.45, 2.75) is 0 Å². The third-order valence-corrected chi connectivity index (χ3v) is 5.55. The van der Waals surface area contributed by atoms with Gasteiger partial charge in [0.25, 0.3) is 5.91 Å². The number of benzene rings is 4. The van der Waals surface area contributed by atoms with Gasteiger partial charge in [0.2, 0.25) is 0 Å². The van der Waals surface area contributed by atoms with E-state index in [1.54, 1.807) is 12.1 Å². The quantitative estimate of drug-likeness (QED) is 0.125. The molecule has 4 rings (SSSR count). The maximum absolute atomic E-state index is 13.8. The van der Waals surface area contributed by atoms with Crippen molar-refractivity contribution in [3.8, 4) is 11.5 Å². The number of amides is 1. The van der Waals surface area contributed by atoms with E-state index in [1.165, 1.54) is 79.0 Å². The lowest BCUT2D eigenvalue weighted by atomic mass is 10.2. The predicted octanol–water partition coefficient (Wildman–Crippen LogP) is 6.33. The molecule has 0 atom stereocenters. The molecule has 4 aromatic carbocycles. The molecule has 0 heterocycles. The van der Waals surface area contributed by atoms with Crippen molar-refractivity contribution >= 4 is 47.3 Å². The SMILES string of the molecule is O=C(Oc1ccc(/C=N/NC(=O)c2ccccc2F)c(OC(=O)c2ccc(Cl)cc2)c1)c1ccc(Cl)cc1. The predicted molar refractivity (Wildman–Crippen MR) is 141 cm³/mol. The summed E-state index contributed by atoms with van der Waals surface area (Å²) in [5.41, 5.74) is 2.76. The van der Waals surface area contributed by atoms with Crippen molar-refractivity contribution in [1.82, 2.24) is 5.43 Å². The third-order valence-electron chi connectivity index (χ3n) is 5.05. The van der Waals surface area contributed by atoms with Gasteiger partial charge >= 0.3 is 11.9 Å². The molecule has 0 aliphatic carbocycles. The summed E-state index contributed by atoms with van der Waals surface area (Å²) in [5.74, 6) is -2.79. The van der Waals surface area contributed by atoms with Gasteiger partial charge in [0.15, 0.2) is 0 Å². The van der Waals surface area contributed by atoms with Crippen LogP contribution in [0.3, 0.4) is 0 Å². The Labute approximate surface area is 226 Å². The standard InChI is InChI=1S/C28H17Cl2FN2O5/c29-20-10-5-17(6-11-20)27(35)37-22-14-9-19(16-32-33-26(34)23-3-1-2-4-24(23)31)25(15-22)38-28(36)18-7-12-21(30)13-8-18/h1-16H,(H,33,34)/b32-16+. The number of ether oxygens (including phenoxy) is 2. The molecule has 0 saturated carbocycles. The second-order valence-electron chi connectivity index (χ2n) is 7.67. The summed E-state index contributed by atoms with van der Waals surface area (Å²) in [4.78, 5) is 37.5. The Balaban J connectivity index is 1.57. The Morgan fingerprint density at radius 3 is 1.95 bits per heavy atom. The van der Waals surface area contributed by atoms with Gasteiger partial charge in [0.1, 0.15) is 17.3 Å². The number of nitrogens with one attached hydrogen (secondary N) is 1. The first-order chi connectivity index (χ1) is 18.3. The van der Waals surface area contributed by atoms with Crippen LogP contribution in [0, 0.1) is 5.82 Å². The number of halogens is 3. The average Bonchev–Trinajstić information content (AvgIpc) is 2.90. The second kappa shape index (κ2) is 12.1. The molecule has 10 heteroatoms. The van der Waals surface area contributed by atoms with E-state index in [4.69, 9.17) is 32.7 Å². The Hall–Kier alpha value is -4.53. The number of carbonyl (C=O) groups excluding carboxylic acids is 3. The van der Waals surface area contributed by atoms with E-state index < -0.39 is 23.7 Å². The molecule has 1 amide bonds. The molecule has 0 fully saturated rings. The summed E-state index contributed by atoms with van der Waals surface area (Å²) in [6, 6.07) is 21.8. The molecule has 7 nitrogen and oxygen atoms in total. The molecular formula is C28H17Cl2FN2O5. The molecule has 0 aromatic heterocycles. The fraction of sp³-hybridized carbons (Fsp3) is 0. The molecule has 0 radical (unpaired) electrons. The Morgan fingerprint density at radius 1 is 0.763 bits per heavy atom. The fourth-order valence-corrected chi connectivity index (χ4v) is 3.39. The Bertz CT molecular complexity index is 1520. The number of rotatable bonds is 7. The first-order valence-corrected chi connectivity index (χ1v) is 11.7. The van der Waals surface area contributed by atoms with E-state index in [-0.39, 0.29) is 33.8 Å². The van der Waals surface area contributed by atoms with Crippen molar-refractivity contribution in [2.24, 2.45) is 5.10 Å². The van der Waals surface area contributed by atoms with Crippen LogP contribution < -0.4 is 14.9 Å². The maximum atomic E-state index is 13.8. The van der Waals surface area contributed by atoms with Gasteiger partial charge < -0.3 is 9.47 Å². The molecule has 0 bridgehead atoms. The molecule has 0 spiro atoms. The van der Waals surface area contributed by atoms with E-state index >= 15 is 0 Å². The first kappa shape index (κ1) is 26.5. The highest BCUT2D eigenvalue weighted by Crippen LogP contribution is 2.26. The van der Waals surface area contributed by atoms with Gasteiger partial charge in [-0.2, -0.15) is 5.10 Å². The number of esters is 2. The van der Waals surface area contributed by atoms with Gasteiger partial charge in [0, 0.05) is 21.7 Å². The van der Waals surface area contributed by atoms with Crippen LogP contribution in [-0.4, -0.2) is 24.1 Å². The van der Waals surface area contributed by atoms with Crippen LogP contribution in [0.5, 0.6) is 11.5 Å². The highest BCUT2D eigenvalue weighted by atomic mass is 35.5. The molecule has 1 N–H and O–H groups in total. The van der Waals surface area contributed by atoms with E-state index in [0.717, 1.165) is 6.07 Å². The zero-order valence-electron chi connectivity index (χ0n) is 19.4. The van der Waals surface area contributed by atoms with Crippen LogP contribution in [-0.2, 0) is 0 Å². The number of hydrogen-bond acceptors (Lipinski definition) is 6. The van der Waals surface area contributed by atoms with Gasteiger partial charge in [-0.3, -0.25) is 4.79 Å². The van der Waals surface area contributed by atoms with E-state index in [1.807, 2.05) is 0 Å². The number of carbonyl (C=O) groups is 3. The van der Waals surface area contributed by atoms with E-state index in [9.17, 15) is 18.8 Å².